The molecule has 14 heavy (non-hydrogen) atoms. The maximum absolute atomic E-state index is 4.05. The summed E-state index contributed by atoms with van der Waals surface area (Å²) in [5.74, 6) is 3.31. The van der Waals surface area contributed by atoms with E-state index in [0.717, 1.165) is 17.8 Å². The van der Waals surface area contributed by atoms with Crippen molar-refractivity contribution in [2.75, 3.05) is 0 Å². The molecule has 0 atom stereocenters. The summed E-state index contributed by atoms with van der Waals surface area (Å²) in [6, 6.07) is 0. The first-order valence-electron chi connectivity index (χ1n) is 6.23. The van der Waals surface area contributed by atoms with Crippen LogP contribution in [-0.2, 0) is 18.1 Å². The van der Waals surface area contributed by atoms with E-state index < -0.39 is 18.1 Å². The summed E-state index contributed by atoms with van der Waals surface area (Å²) in [7, 11) is 0. The fraction of sp³-hybridized carbons (Fsp3) is 1.00. The van der Waals surface area contributed by atoms with E-state index in [1.165, 1.54) is 19.3 Å². The molecule has 0 heterocycles. The summed E-state index contributed by atoms with van der Waals surface area (Å²) < 4.78 is 4.05. The summed E-state index contributed by atoms with van der Waals surface area (Å²) in [6.45, 7) is 0. The molecule has 0 unspecified atom stereocenters. The zero-order valence-electron chi connectivity index (χ0n) is 9.47. The molecule has 0 aromatic heterocycles. The topological polar surface area (TPSA) is 12.0 Å². The first kappa shape index (κ1) is 9.87. The second-order valence-corrected chi connectivity index (χ2v) is 9.84. The minimum atomic E-state index is -0.829. The van der Waals surface area contributed by atoms with Gasteiger partial charge in [0.15, 0.2) is 0 Å². The Balaban J connectivity index is 1.80. The molecule has 1 N–H and O–H groups in total. The second kappa shape index (κ2) is 3.33. The average Bonchev–Trinajstić information content (AvgIpc) is 1.96. The molecule has 4 rings (SSSR count). The van der Waals surface area contributed by atoms with Gasteiger partial charge < -0.3 is 0 Å². The van der Waals surface area contributed by atoms with Crippen molar-refractivity contribution < 1.29 is 18.1 Å². The molecule has 4 saturated carbocycles. The second-order valence-electron chi connectivity index (χ2n) is 6.32. The van der Waals surface area contributed by atoms with E-state index in [0.29, 0.717) is 5.54 Å². The fourth-order valence-electron chi connectivity index (χ4n) is 4.79. The Kier molecular flexibility index (Phi) is 2.35. The predicted molar refractivity (Wildman–Crippen MR) is 55.8 cm³/mol. The summed E-state index contributed by atoms with van der Waals surface area (Å²) in [5.41, 5.74) is 0.646. The molecule has 0 saturated heterocycles. The van der Waals surface area contributed by atoms with Gasteiger partial charge in [-0.1, -0.05) is 0 Å². The van der Waals surface area contributed by atoms with Crippen LogP contribution in [0.3, 0.4) is 0 Å². The zero-order valence-corrected chi connectivity index (χ0v) is 11.0. The third-order valence-corrected chi connectivity index (χ3v) is 6.16. The van der Waals surface area contributed by atoms with Crippen LogP contribution in [0, 0.1) is 17.8 Å². The Labute approximate surface area is 94.2 Å². The Morgan fingerprint density at radius 1 is 0.929 bits per heavy atom. The number of hydrogen-bond acceptors (Lipinski definition) is 1. The Hall–Kier alpha value is 0.674. The van der Waals surface area contributed by atoms with E-state index in [4.69, 9.17) is 0 Å². The van der Waals surface area contributed by atoms with Crippen LogP contribution >= 0.6 is 0 Å². The normalized spacial score (nSPS) is 49.7. The van der Waals surface area contributed by atoms with E-state index in [-0.39, 0.29) is 0 Å². The zero-order chi connectivity index (χ0) is 9.76. The van der Waals surface area contributed by atoms with Crippen molar-refractivity contribution in [1.29, 1.82) is 0 Å². The van der Waals surface area contributed by atoms with Gasteiger partial charge in [-0.3, -0.25) is 0 Å². The summed E-state index contributed by atoms with van der Waals surface area (Å²) in [5, 5.41) is 4.94. The molecule has 79 valence electrons. The van der Waals surface area contributed by atoms with Crippen molar-refractivity contribution in [2.24, 2.45) is 17.8 Å². The van der Waals surface area contributed by atoms with Gasteiger partial charge in [0.1, 0.15) is 0 Å². The number of hydrogen-bond donors (Lipinski definition) is 1. The fourth-order valence-corrected chi connectivity index (χ4v) is 6.93. The summed E-state index contributed by atoms with van der Waals surface area (Å²) >= 11 is -0.829. The average molecular weight is 228 g/mol. The van der Waals surface area contributed by atoms with Gasteiger partial charge in [0.25, 0.3) is 0 Å². The third-order valence-electron chi connectivity index (χ3n) is 4.55. The van der Waals surface area contributed by atoms with Crippen LogP contribution in [0.5, 0.6) is 0 Å². The molecule has 4 aliphatic carbocycles. The summed E-state index contributed by atoms with van der Waals surface area (Å²) in [6.07, 6.45) is 9.29. The first-order valence-corrected chi connectivity index (χ1v) is 10.1. The Morgan fingerprint density at radius 3 is 1.71 bits per heavy atom. The molecule has 0 aromatic rings. The van der Waals surface area contributed by atoms with Crippen molar-refractivity contribution in [3.63, 3.8) is 0 Å². The van der Waals surface area contributed by atoms with Crippen LogP contribution in [-0.4, -0.2) is 5.54 Å². The van der Waals surface area contributed by atoms with E-state index in [9.17, 15) is 0 Å². The van der Waals surface area contributed by atoms with Gasteiger partial charge in [0, 0.05) is 0 Å². The van der Waals surface area contributed by atoms with Crippen LogP contribution in [0.2, 0.25) is 10.5 Å². The number of nitrogens with one attached hydrogen (secondary N) is 1. The van der Waals surface area contributed by atoms with E-state index in [1.54, 1.807) is 19.3 Å². The van der Waals surface area contributed by atoms with Crippen LogP contribution in [0.4, 0.5) is 0 Å². The van der Waals surface area contributed by atoms with E-state index in [2.05, 4.69) is 14.3 Å². The molecule has 1 nitrogen and oxygen atoms in total. The Bertz CT molecular complexity index is 195. The molecule has 4 bridgehead atoms. The molecule has 2 heteroatoms. The first-order chi connectivity index (χ1) is 6.65. The SMILES string of the molecule is [CH3][Ti]([CH3])[NH]C12CC3CC(CC(C3)C1)C2. The Morgan fingerprint density at radius 2 is 1.36 bits per heavy atom. The summed E-state index contributed by atoms with van der Waals surface area (Å²) in [4.78, 5) is 0. The molecule has 4 aliphatic rings. The van der Waals surface area contributed by atoms with Gasteiger partial charge in [-0.2, -0.15) is 0 Å². The predicted octanol–water partition coefficient (Wildman–Crippen LogP) is 3.17. The quantitative estimate of drug-likeness (QED) is 0.716. The van der Waals surface area contributed by atoms with Crippen LogP contribution < -0.4 is 3.80 Å². The molecule has 0 radical (unpaired) electrons. The number of rotatable bonds is 2. The minimum absolute atomic E-state index is 0.646. The molecular formula is C12H22NTi. The molecule has 0 spiro atoms. The van der Waals surface area contributed by atoms with Crippen LogP contribution in [0.15, 0.2) is 0 Å². The van der Waals surface area contributed by atoms with Gasteiger partial charge in [-0.25, -0.2) is 0 Å². The van der Waals surface area contributed by atoms with Gasteiger partial charge in [-0.15, -0.1) is 0 Å². The molecule has 4 fully saturated rings. The van der Waals surface area contributed by atoms with Crippen molar-refractivity contribution in [1.82, 2.24) is 3.80 Å². The molecule has 0 aromatic carbocycles. The van der Waals surface area contributed by atoms with Crippen molar-refractivity contribution in [3.8, 4) is 0 Å². The standard InChI is InChI=1S/C10H16N.2CH3.Ti/c11-10-4-7-1-8(5-10)3-9(2-7)6-10;;;/h7-9,11H,1-6H2;2*1H3;/q-1;;;+1. The van der Waals surface area contributed by atoms with E-state index in [1.807, 2.05) is 0 Å². The van der Waals surface area contributed by atoms with Crippen molar-refractivity contribution in [3.05, 3.63) is 0 Å². The van der Waals surface area contributed by atoms with Crippen molar-refractivity contribution in [2.45, 2.75) is 54.5 Å². The maximum atomic E-state index is 4.05. The van der Waals surface area contributed by atoms with E-state index >= 15 is 0 Å². The molecule has 0 aliphatic heterocycles. The van der Waals surface area contributed by atoms with Gasteiger partial charge >= 0.3 is 94.2 Å². The molecular weight excluding hydrogens is 206 g/mol. The van der Waals surface area contributed by atoms with Gasteiger partial charge in [0.05, 0.1) is 0 Å². The van der Waals surface area contributed by atoms with Crippen LogP contribution in [0.25, 0.3) is 0 Å². The third kappa shape index (κ3) is 1.62. The van der Waals surface area contributed by atoms with Crippen molar-refractivity contribution >= 4 is 0 Å². The van der Waals surface area contributed by atoms with Gasteiger partial charge in [0.2, 0.25) is 0 Å². The molecule has 0 amide bonds. The monoisotopic (exact) mass is 228 g/mol. The van der Waals surface area contributed by atoms with Gasteiger partial charge in [-0.05, 0) is 0 Å². The van der Waals surface area contributed by atoms with Crippen LogP contribution in [0.1, 0.15) is 38.5 Å².